The van der Waals surface area contributed by atoms with E-state index in [-0.39, 0.29) is 22.7 Å². The van der Waals surface area contributed by atoms with Crippen LogP contribution in [0.15, 0.2) is 54.6 Å². The van der Waals surface area contributed by atoms with E-state index >= 15 is 0 Å². The van der Waals surface area contributed by atoms with Gasteiger partial charge in [0.1, 0.15) is 5.75 Å². The predicted molar refractivity (Wildman–Crippen MR) is 92.8 cm³/mol. The molecule has 23 heavy (non-hydrogen) atoms. The van der Waals surface area contributed by atoms with Gasteiger partial charge in [0.25, 0.3) is 0 Å². The van der Waals surface area contributed by atoms with Gasteiger partial charge in [0.2, 0.25) is 5.91 Å². The Bertz CT molecular complexity index is 656. The summed E-state index contributed by atoms with van der Waals surface area (Å²) in [5, 5.41) is -0.124. The summed E-state index contributed by atoms with van der Waals surface area (Å²) < 4.78 is 5.15. The topological polar surface area (TPSA) is 69.4 Å². The average Bonchev–Trinajstić information content (AvgIpc) is 2.59. The molecule has 5 heteroatoms. The van der Waals surface area contributed by atoms with Gasteiger partial charge in [-0.3, -0.25) is 9.59 Å². The molecule has 0 heterocycles. The predicted octanol–water partition coefficient (Wildman–Crippen LogP) is 3.23. The lowest BCUT2D eigenvalue weighted by molar-refractivity contribution is -0.115. The number of amides is 1. The Kier molecular flexibility index (Phi) is 6.23. The highest BCUT2D eigenvalue weighted by molar-refractivity contribution is 8.00. The zero-order valence-corrected chi connectivity index (χ0v) is 13.7. The minimum Gasteiger partial charge on any atom is -0.497 e. The van der Waals surface area contributed by atoms with Gasteiger partial charge in [-0.15, -0.1) is 11.8 Å². The van der Waals surface area contributed by atoms with Crippen molar-refractivity contribution in [2.45, 2.75) is 11.7 Å². The Morgan fingerprint density at radius 2 is 1.74 bits per heavy atom. The highest BCUT2D eigenvalue weighted by Crippen LogP contribution is 2.34. The Morgan fingerprint density at radius 3 is 2.30 bits per heavy atom. The van der Waals surface area contributed by atoms with Crippen LogP contribution in [0, 0.1) is 0 Å². The first-order valence-corrected chi connectivity index (χ1v) is 8.27. The number of hydrogen-bond donors (Lipinski definition) is 1. The zero-order valence-electron chi connectivity index (χ0n) is 12.9. The molecule has 0 saturated heterocycles. The number of thioether (sulfide) groups is 1. The van der Waals surface area contributed by atoms with Gasteiger partial charge in [0.15, 0.2) is 5.78 Å². The van der Waals surface area contributed by atoms with E-state index < -0.39 is 0 Å². The lowest BCUT2D eigenvalue weighted by atomic mass is 10.0. The number of rotatable bonds is 8. The largest absolute Gasteiger partial charge is 0.497 e. The normalized spacial score (nSPS) is 11.7. The van der Waals surface area contributed by atoms with Crippen molar-refractivity contribution >= 4 is 23.5 Å². The van der Waals surface area contributed by atoms with Crippen LogP contribution in [0.3, 0.4) is 0 Å². The van der Waals surface area contributed by atoms with Crippen LogP contribution in [0.2, 0.25) is 0 Å². The molecule has 1 amide bonds. The van der Waals surface area contributed by atoms with E-state index in [1.807, 2.05) is 42.5 Å². The third-order valence-electron chi connectivity index (χ3n) is 3.38. The number of Topliss-reactive ketones (excluding diaryl/α,β-unsaturated/α-hetero) is 1. The maximum Gasteiger partial charge on any atom is 0.227 e. The maximum atomic E-state index is 12.4. The fourth-order valence-electron chi connectivity index (χ4n) is 2.18. The molecule has 0 fully saturated rings. The monoisotopic (exact) mass is 329 g/mol. The first kappa shape index (κ1) is 17.1. The first-order valence-electron chi connectivity index (χ1n) is 7.22. The maximum absolute atomic E-state index is 12.4. The quantitative estimate of drug-likeness (QED) is 0.755. The molecule has 4 nitrogen and oxygen atoms in total. The summed E-state index contributed by atoms with van der Waals surface area (Å²) in [6.07, 6.45) is 0.314. The third-order valence-corrected chi connectivity index (χ3v) is 4.67. The molecule has 0 aromatic heterocycles. The summed E-state index contributed by atoms with van der Waals surface area (Å²) in [6.45, 7) is 0. The molecular formula is C18H19NO3S. The molecule has 0 spiro atoms. The van der Waals surface area contributed by atoms with Gasteiger partial charge in [-0.2, -0.15) is 0 Å². The van der Waals surface area contributed by atoms with E-state index in [0.717, 1.165) is 11.3 Å². The minimum atomic E-state index is -0.388. The van der Waals surface area contributed by atoms with E-state index in [1.54, 1.807) is 19.2 Å². The molecule has 1 atom stereocenters. The standard InChI is InChI=1S/C18H19NO3S/c1-22-15-9-7-14(8-10-15)17(23-12-18(19)21)11-16(20)13-5-3-2-4-6-13/h2-10,17H,11-12H2,1H3,(H2,19,21). The number of benzene rings is 2. The van der Waals surface area contributed by atoms with Crippen LogP contribution in [0.1, 0.15) is 27.6 Å². The number of methoxy groups -OCH3 is 1. The van der Waals surface area contributed by atoms with Crippen molar-refractivity contribution in [1.29, 1.82) is 0 Å². The Hall–Kier alpha value is -2.27. The van der Waals surface area contributed by atoms with Crippen LogP contribution in [0.4, 0.5) is 0 Å². The molecule has 0 bridgehead atoms. The summed E-state index contributed by atoms with van der Waals surface area (Å²) >= 11 is 1.38. The zero-order chi connectivity index (χ0) is 16.7. The molecule has 2 aromatic rings. The molecule has 0 radical (unpaired) electrons. The van der Waals surface area contributed by atoms with Crippen molar-refractivity contribution in [3.63, 3.8) is 0 Å². The molecular weight excluding hydrogens is 310 g/mol. The highest BCUT2D eigenvalue weighted by atomic mass is 32.2. The lowest BCUT2D eigenvalue weighted by Gasteiger charge is -2.16. The summed E-state index contributed by atoms with van der Waals surface area (Å²) in [7, 11) is 1.60. The van der Waals surface area contributed by atoms with E-state index in [2.05, 4.69) is 0 Å². The molecule has 2 aromatic carbocycles. The molecule has 2 rings (SSSR count). The van der Waals surface area contributed by atoms with Gasteiger partial charge in [0, 0.05) is 17.2 Å². The second kappa shape index (κ2) is 8.39. The fourth-order valence-corrected chi connectivity index (χ4v) is 3.17. The molecule has 1 unspecified atom stereocenters. The summed E-state index contributed by atoms with van der Waals surface area (Å²) in [5.41, 5.74) is 6.89. The number of primary amides is 1. The molecule has 0 aliphatic carbocycles. The van der Waals surface area contributed by atoms with Crippen molar-refractivity contribution in [2.75, 3.05) is 12.9 Å². The molecule has 0 saturated carbocycles. The molecule has 0 aliphatic rings. The van der Waals surface area contributed by atoms with Gasteiger partial charge >= 0.3 is 0 Å². The fraction of sp³-hybridized carbons (Fsp3) is 0.222. The summed E-state index contributed by atoms with van der Waals surface area (Å²) in [4.78, 5) is 23.5. The van der Waals surface area contributed by atoms with E-state index in [0.29, 0.717) is 12.0 Å². The Labute approximate surface area is 140 Å². The van der Waals surface area contributed by atoms with E-state index in [4.69, 9.17) is 10.5 Å². The number of ketones is 1. The third kappa shape index (κ3) is 5.14. The second-order valence-corrected chi connectivity index (χ2v) is 6.22. The number of nitrogens with two attached hydrogens (primary N) is 1. The van der Waals surface area contributed by atoms with Crippen molar-refractivity contribution in [3.8, 4) is 5.75 Å². The number of carbonyl (C=O) groups excluding carboxylic acids is 2. The van der Waals surface area contributed by atoms with E-state index in [1.165, 1.54) is 11.8 Å². The number of hydrogen-bond acceptors (Lipinski definition) is 4. The molecule has 2 N–H and O–H groups in total. The van der Waals surface area contributed by atoms with Crippen molar-refractivity contribution in [2.24, 2.45) is 5.73 Å². The van der Waals surface area contributed by atoms with Crippen LogP contribution >= 0.6 is 11.8 Å². The van der Waals surface area contributed by atoms with Crippen LogP contribution in [0.5, 0.6) is 5.75 Å². The Balaban J connectivity index is 2.15. The van der Waals surface area contributed by atoms with Crippen LogP contribution in [0.25, 0.3) is 0 Å². The van der Waals surface area contributed by atoms with Crippen molar-refractivity contribution < 1.29 is 14.3 Å². The van der Waals surface area contributed by atoms with Crippen molar-refractivity contribution in [1.82, 2.24) is 0 Å². The van der Waals surface area contributed by atoms with Gasteiger partial charge in [-0.25, -0.2) is 0 Å². The van der Waals surface area contributed by atoms with Gasteiger partial charge in [-0.05, 0) is 17.7 Å². The second-order valence-electron chi connectivity index (χ2n) is 5.03. The van der Waals surface area contributed by atoms with Crippen LogP contribution < -0.4 is 10.5 Å². The number of ether oxygens (including phenoxy) is 1. The van der Waals surface area contributed by atoms with Gasteiger partial charge in [-0.1, -0.05) is 42.5 Å². The average molecular weight is 329 g/mol. The van der Waals surface area contributed by atoms with Crippen molar-refractivity contribution in [3.05, 3.63) is 65.7 Å². The van der Waals surface area contributed by atoms with Gasteiger partial charge in [0.05, 0.1) is 12.9 Å². The Morgan fingerprint density at radius 1 is 1.09 bits per heavy atom. The molecule has 120 valence electrons. The minimum absolute atomic E-state index is 0.0448. The highest BCUT2D eigenvalue weighted by Gasteiger charge is 2.18. The molecule has 0 aliphatic heterocycles. The van der Waals surface area contributed by atoms with Crippen LogP contribution in [-0.2, 0) is 4.79 Å². The van der Waals surface area contributed by atoms with E-state index in [9.17, 15) is 9.59 Å². The summed E-state index contributed by atoms with van der Waals surface area (Å²) in [6, 6.07) is 16.7. The van der Waals surface area contributed by atoms with Crippen LogP contribution in [-0.4, -0.2) is 24.6 Å². The lowest BCUT2D eigenvalue weighted by Crippen LogP contribution is -2.15. The smallest absolute Gasteiger partial charge is 0.227 e. The summed E-state index contributed by atoms with van der Waals surface area (Å²) in [5.74, 6) is 0.588. The number of carbonyl (C=O) groups is 2. The first-order chi connectivity index (χ1) is 11.1. The SMILES string of the molecule is COc1ccc(C(CC(=O)c2ccccc2)SCC(N)=O)cc1. The van der Waals surface area contributed by atoms with Gasteiger partial charge < -0.3 is 10.5 Å².